The van der Waals surface area contributed by atoms with Crippen LogP contribution in [0.2, 0.25) is 5.02 Å². The van der Waals surface area contributed by atoms with Gasteiger partial charge in [-0.25, -0.2) is 0 Å². The Morgan fingerprint density at radius 1 is 1.33 bits per heavy atom. The molecular formula is C21H27ClN2O3. The van der Waals surface area contributed by atoms with Crippen molar-refractivity contribution < 1.29 is 13.9 Å². The van der Waals surface area contributed by atoms with Crippen molar-refractivity contribution in [1.82, 2.24) is 10.2 Å². The smallest absolute Gasteiger partial charge is 0.251 e. The van der Waals surface area contributed by atoms with Gasteiger partial charge in [0.25, 0.3) is 5.91 Å². The summed E-state index contributed by atoms with van der Waals surface area (Å²) in [6.07, 6.45) is 2.33. The van der Waals surface area contributed by atoms with Crippen molar-refractivity contribution in [3.8, 4) is 5.75 Å². The van der Waals surface area contributed by atoms with Crippen molar-refractivity contribution in [2.75, 3.05) is 26.7 Å². The van der Waals surface area contributed by atoms with Crippen LogP contribution in [0.25, 0.3) is 0 Å². The Labute approximate surface area is 165 Å². The maximum absolute atomic E-state index is 12.6. The molecule has 1 fully saturated rings. The number of aryl methyl sites for hydroxylation is 1. The number of halogens is 1. The fourth-order valence-corrected chi connectivity index (χ4v) is 3.74. The van der Waals surface area contributed by atoms with E-state index in [4.69, 9.17) is 20.8 Å². The third-order valence-corrected chi connectivity index (χ3v) is 5.51. The number of carbonyl (C=O) groups is 1. The number of amides is 1. The van der Waals surface area contributed by atoms with Gasteiger partial charge in [-0.15, -0.1) is 0 Å². The second kappa shape index (κ2) is 8.81. The molecule has 2 heterocycles. The van der Waals surface area contributed by atoms with E-state index in [1.54, 1.807) is 25.3 Å². The highest BCUT2D eigenvalue weighted by Gasteiger charge is 2.27. The van der Waals surface area contributed by atoms with E-state index in [0.717, 1.165) is 43.4 Å². The summed E-state index contributed by atoms with van der Waals surface area (Å²) in [7, 11) is 1.55. The summed E-state index contributed by atoms with van der Waals surface area (Å²) in [6.45, 7) is 6.74. The highest BCUT2D eigenvalue weighted by Crippen LogP contribution is 2.28. The summed E-state index contributed by atoms with van der Waals surface area (Å²) >= 11 is 6.14. The molecular weight excluding hydrogens is 364 g/mol. The second-order valence-electron chi connectivity index (χ2n) is 7.24. The third-order valence-electron chi connectivity index (χ3n) is 5.22. The first-order valence-electron chi connectivity index (χ1n) is 9.40. The van der Waals surface area contributed by atoms with Crippen molar-refractivity contribution in [2.45, 2.75) is 32.7 Å². The molecule has 0 aliphatic carbocycles. The number of piperidine rings is 1. The van der Waals surface area contributed by atoms with Crippen LogP contribution in [0.3, 0.4) is 0 Å². The van der Waals surface area contributed by atoms with E-state index < -0.39 is 0 Å². The van der Waals surface area contributed by atoms with Gasteiger partial charge in [0.1, 0.15) is 17.3 Å². The SMILES string of the molecule is COc1ccc(C(=O)NC[C@H](c2ccc(C)o2)N2CCC(C)CC2)cc1Cl. The molecule has 5 nitrogen and oxygen atoms in total. The highest BCUT2D eigenvalue weighted by molar-refractivity contribution is 6.32. The summed E-state index contributed by atoms with van der Waals surface area (Å²) < 4.78 is 11.0. The molecule has 1 amide bonds. The second-order valence-corrected chi connectivity index (χ2v) is 7.65. The predicted molar refractivity (Wildman–Crippen MR) is 106 cm³/mol. The standard InChI is InChI=1S/C21H27ClN2O3/c1-14-8-10-24(11-9-14)18(20-6-4-15(2)27-20)13-23-21(25)16-5-7-19(26-3)17(22)12-16/h4-7,12,14,18H,8-11,13H2,1-3H3,(H,23,25)/t18-/m1/s1. The van der Waals surface area contributed by atoms with Crippen molar-refractivity contribution >= 4 is 17.5 Å². The Morgan fingerprint density at radius 3 is 2.67 bits per heavy atom. The van der Waals surface area contributed by atoms with Gasteiger partial charge in [0, 0.05) is 12.1 Å². The van der Waals surface area contributed by atoms with Crippen LogP contribution in [0, 0.1) is 12.8 Å². The lowest BCUT2D eigenvalue weighted by Crippen LogP contribution is -2.41. The molecule has 1 aliphatic heterocycles. The van der Waals surface area contributed by atoms with Gasteiger partial charge in [0.15, 0.2) is 0 Å². The van der Waals surface area contributed by atoms with Crippen LogP contribution in [0.15, 0.2) is 34.7 Å². The fraction of sp³-hybridized carbons (Fsp3) is 0.476. The Balaban J connectivity index is 1.70. The maximum atomic E-state index is 12.6. The van der Waals surface area contributed by atoms with Gasteiger partial charge in [-0.1, -0.05) is 18.5 Å². The highest BCUT2D eigenvalue weighted by atomic mass is 35.5. The minimum Gasteiger partial charge on any atom is -0.495 e. The molecule has 146 valence electrons. The molecule has 2 aromatic rings. The zero-order valence-corrected chi connectivity index (χ0v) is 16.9. The molecule has 6 heteroatoms. The lowest BCUT2D eigenvalue weighted by atomic mass is 9.97. The van der Waals surface area contributed by atoms with E-state index in [1.807, 2.05) is 19.1 Å². The minimum absolute atomic E-state index is 0.0314. The van der Waals surface area contributed by atoms with E-state index >= 15 is 0 Å². The summed E-state index contributed by atoms with van der Waals surface area (Å²) in [4.78, 5) is 15.0. The monoisotopic (exact) mass is 390 g/mol. The van der Waals surface area contributed by atoms with Crippen LogP contribution < -0.4 is 10.1 Å². The van der Waals surface area contributed by atoms with E-state index in [0.29, 0.717) is 22.9 Å². The number of furan rings is 1. The van der Waals surface area contributed by atoms with Gasteiger partial charge in [0.05, 0.1) is 18.2 Å². The van der Waals surface area contributed by atoms with E-state index in [-0.39, 0.29) is 11.9 Å². The number of hydrogen-bond donors (Lipinski definition) is 1. The topological polar surface area (TPSA) is 54.7 Å². The number of ether oxygens (including phenoxy) is 1. The van der Waals surface area contributed by atoms with Crippen molar-refractivity contribution in [3.63, 3.8) is 0 Å². The molecule has 0 saturated carbocycles. The van der Waals surface area contributed by atoms with Crippen LogP contribution in [0.4, 0.5) is 0 Å². The summed E-state index contributed by atoms with van der Waals surface area (Å²) in [5.41, 5.74) is 0.516. The number of nitrogens with one attached hydrogen (secondary N) is 1. The molecule has 1 atom stereocenters. The third kappa shape index (κ3) is 4.85. The molecule has 1 N–H and O–H groups in total. The van der Waals surface area contributed by atoms with Gasteiger partial charge in [-0.05, 0) is 69.1 Å². The van der Waals surface area contributed by atoms with Crippen LogP contribution in [0.5, 0.6) is 5.75 Å². The normalized spacial score (nSPS) is 16.9. The molecule has 27 heavy (non-hydrogen) atoms. The van der Waals surface area contributed by atoms with E-state index in [9.17, 15) is 4.79 Å². The van der Waals surface area contributed by atoms with E-state index in [1.165, 1.54) is 0 Å². The molecule has 0 spiro atoms. The number of rotatable bonds is 6. The quantitative estimate of drug-likeness (QED) is 0.791. The number of nitrogens with zero attached hydrogens (tertiary/aromatic N) is 1. The van der Waals surface area contributed by atoms with Gasteiger partial charge in [-0.3, -0.25) is 9.69 Å². The molecule has 0 radical (unpaired) electrons. The fourth-order valence-electron chi connectivity index (χ4n) is 3.48. The molecule has 3 rings (SSSR count). The van der Waals surface area contributed by atoms with Crippen LogP contribution in [0.1, 0.15) is 47.7 Å². The van der Waals surface area contributed by atoms with Crippen LogP contribution in [-0.2, 0) is 0 Å². The number of benzene rings is 1. The summed E-state index contributed by atoms with van der Waals surface area (Å²) in [5, 5.41) is 3.46. The first-order valence-corrected chi connectivity index (χ1v) is 9.78. The largest absolute Gasteiger partial charge is 0.495 e. The average Bonchev–Trinajstić information content (AvgIpc) is 3.09. The molecule has 0 bridgehead atoms. The Morgan fingerprint density at radius 2 is 2.07 bits per heavy atom. The number of hydrogen-bond acceptors (Lipinski definition) is 4. The minimum atomic E-state index is -0.154. The van der Waals surface area contributed by atoms with Crippen molar-refractivity contribution in [1.29, 1.82) is 0 Å². The average molecular weight is 391 g/mol. The van der Waals surface area contributed by atoms with Gasteiger partial charge in [-0.2, -0.15) is 0 Å². The Bertz CT molecular complexity index is 781. The maximum Gasteiger partial charge on any atom is 0.251 e. The van der Waals surface area contributed by atoms with Crippen molar-refractivity contribution in [3.05, 3.63) is 52.4 Å². The molecule has 1 aliphatic rings. The number of methoxy groups -OCH3 is 1. The zero-order chi connectivity index (χ0) is 19.4. The number of likely N-dealkylation sites (tertiary alicyclic amines) is 1. The summed E-state index contributed by atoms with van der Waals surface area (Å²) in [6, 6.07) is 9.06. The van der Waals surface area contributed by atoms with Gasteiger partial charge in [0.2, 0.25) is 0 Å². The molecule has 1 aromatic heterocycles. The van der Waals surface area contributed by atoms with Crippen LogP contribution in [-0.4, -0.2) is 37.6 Å². The van der Waals surface area contributed by atoms with Gasteiger partial charge < -0.3 is 14.5 Å². The first-order chi connectivity index (χ1) is 13.0. The molecule has 1 aromatic carbocycles. The predicted octanol–water partition coefficient (Wildman–Crippen LogP) is 4.45. The molecule has 1 saturated heterocycles. The number of carbonyl (C=O) groups excluding carboxylic acids is 1. The zero-order valence-electron chi connectivity index (χ0n) is 16.1. The van der Waals surface area contributed by atoms with Crippen molar-refractivity contribution in [2.24, 2.45) is 5.92 Å². The Hall–Kier alpha value is -1.98. The Kier molecular flexibility index (Phi) is 6.45. The summed E-state index contributed by atoms with van der Waals surface area (Å²) in [5.74, 6) is 2.93. The molecule has 0 unspecified atom stereocenters. The van der Waals surface area contributed by atoms with Crippen LogP contribution >= 0.6 is 11.6 Å². The van der Waals surface area contributed by atoms with E-state index in [2.05, 4.69) is 17.1 Å². The lowest BCUT2D eigenvalue weighted by Gasteiger charge is -2.35. The van der Waals surface area contributed by atoms with Gasteiger partial charge >= 0.3 is 0 Å². The lowest BCUT2D eigenvalue weighted by molar-refractivity contribution is 0.0895. The first kappa shape index (κ1) is 19.8.